The quantitative estimate of drug-likeness (QED) is 0.767. The highest BCUT2D eigenvalue weighted by molar-refractivity contribution is 5.51. The van der Waals surface area contributed by atoms with Crippen LogP contribution >= 0.6 is 0 Å². The van der Waals surface area contributed by atoms with E-state index in [1.807, 2.05) is 53.7 Å². The van der Waals surface area contributed by atoms with E-state index in [4.69, 9.17) is 9.15 Å². The molecule has 1 aromatic heterocycles. The van der Waals surface area contributed by atoms with Crippen LogP contribution < -0.4 is 16.2 Å². The molecular formula is C20H19N3O3. The van der Waals surface area contributed by atoms with Gasteiger partial charge in [-0.05, 0) is 36.8 Å². The van der Waals surface area contributed by atoms with Gasteiger partial charge in [0.2, 0.25) is 0 Å². The Hall–Kier alpha value is -3.09. The summed E-state index contributed by atoms with van der Waals surface area (Å²) in [6, 6.07) is 15.8. The molecule has 0 amide bonds. The minimum Gasteiger partial charge on any atom is -0.416 e. The maximum Gasteiger partial charge on any atom is 0.423 e. The summed E-state index contributed by atoms with van der Waals surface area (Å²) in [5.74, 6) is -0.415. The molecule has 0 fully saturated rings. The molecule has 132 valence electrons. The first kappa shape index (κ1) is 16.4. The second kappa shape index (κ2) is 7.03. The number of anilines is 1. The highest BCUT2D eigenvalue weighted by Crippen LogP contribution is 2.20. The zero-order valence-corrected chi connectivity index (χ0v) is 14.3. The molecule has 0 aliphatic carbocycles. The first-order chi connectivity index (χ1) is 12.7. The number of para-hydroxylation sites is 1. The number of aryl methyl sites for hydroxylation is 1. The summed E-state index contributed by atoms with van der Waals surface area (Å²) < 4.78 is 12.3. The SMILES string of the molecule is Cc1cccc(N2C=CC(OCc3ccccc3-n3ccoc3=O)N2)c1. The van der Waals surface area contributed by atoms with Gasteiger partial charge >= 0.3 is 5.76 Å². The monoisotopic (exact) mass is 349 g/mol. The van der Waals surface area contributed by atoms with Crippen LogP contribution in [0.1, 0.15) is 11.1 Å². The number of nitrogens with zero attached hydrogens (tertiary/aromatic N) is 2. The van der Waals surface area contributed by atoms with Gasteiger partial charge in [-0.3, -0.25) is 5.01 Å². The number of nitrogens with one attached hydrogen (secondary N) is 1. The number of hydrogen-bond acceptors (Lipinski definition) is 5. The lowest BCUT2D eigenvalue weighted by Gasteiger charge is -2.20. The molecule has 4 rings (SSSR count). The van der Waals surface area contributed by atoms with Gasteiger partial charge in [0.1, 0.15) is 12.5 Å². The van der Waals surface area contributed by atoms with Crippen molar-refractivity contribution in [3.05, 3.63) is 94.9 Å². The predicted octanol–water partition coefficient (Wildman–Crippen LogP) is 3.12. The van der Waals surface area contributed by atoms with Crippen molar-refractivity contribution < 1.29 is 9.15 Å². The third-order valence-corrected chi connectivity index (χ3v) is 4.20. The Morgan fingerprint density at radius 1 is 1.19 bits per heavy atom. The van der Waals surface area contributed by atoms with Crippen LogP contribution in [0, 0.1) is 6.92 Å². The molecular weight excluding hydrogens is 330 g/mol. The zero-order valence-electron chi connectivity index (χ0n) is 14.3. The van der Waals surface area contributed by atoms with Crippen molar-refractivity contribution in [2.45, 2.75) is 19.8 Å². The molecule has 1 unspecified atom stereocenters. The summed E-state index contributed by atoms with van der Waals surface area (Å²) in [7, 11) is 0. The van der Waals surface area contributed by atoms with Crippen LogP contribution in [0.5, 0.6) is 0 Å². The number of hydrogen-bond donors (Lipinski definition) is 1. The van der Waals surface area contributed by atoms with E-state index < -0.39 is 5.76 Å². The van der Waals surface area contributed by atoms with E-state index in [9.17, 15) is 4.79 Å². The normalized spacial score (nSPS) is 16.3. The molecule has 0 bridgehead atoms. The molecule has 1 N–H and O–H groups in total. The molecule has 0 spiro atoms. The Morgan fingerprint density at radius 3 is 2.88 bits per heavy atom. The maximum atomic E-state index is 11.8. The molecule has 1 atom stereocenters. The Kier molecular flexibility index (Phi) is 4.43. The molecule has 1 aliphatic heterocycles. The van der Waals surface area contributed by atoms with Crippen LogP contribution in [0.2, 0.25) is 0 Å². The number of ether oxygens (including phenoxy) is 1. The van der Waals surface area contributed by atoms with E-state index in [1.54, 1.807) is 6.20 Å². The first-order valence-corrected chi connectivity index (χ1v) is 8.37. The largest absolute Gasteiger partial charge is 0.423 e. The van der Waals surface area contributed by atoms with Gasteiger partial charge in [0.05, 0.1) is 24.2 Å². The fourth-order valence-corrected chi connectivity index (χ4v) is 2.91. The molecule has 6 nitrogen and oxygen atoms in total. The van der Waals surface area contributed by atoms with Gasteiger partial charge in [0, 0.05) is 11.8 Å². The Labute approximate surface area is 150 Å². The number of rotatable bonds is 5. The van der Waals surface area contributed by atoms with Crippen molar-refractivity contribution in [2.24, 2.45) is 0 Å². The van der Waals surface area contributed by atoms with Crippen LogP contribution in [0.4, 0.5) is 5.69 Å². The molecule has 6 heteroatoms. The fourth-order valence-electron chi connectivity index (χ4n) is 2.91. The molecule has 0 saturated carbocycles. The van der Waals surface area contributed by atoms with E-state index in [-0.39, 0.29) is 6.23 Å². The number of benzene rings is 2. The van der Waals surface area contributed by atoms with Crippen molar-refractivity contribution in [1.82, 2.24) is 9.99 Å². The van der Waals surface area contributed by atoms with Crippen molar-refractivity contribution in [3.63, 3.8) is 0 Å². The van der Waals surface area contributed by atoms with E-state index in [2.05, 4.69) is 24.5 Å². The van der Waals surface area contributed by atoms with Crippen molar-refractivity contribution in [1.29, 1.82) is 0 Å². The summed E-state index contributed by atoms with van der Waals surface area (Å²) in [6.07, 6.45) is 6.64. The number of hydrazine groups is 1. The minimum atomic E-state index is -0.415. The zero-order chi connectivity index (χ0) is 17.9. The van der Waals surface area contributed by atoms with Crippen LogP contribution in [-0.2, 0) is 11.3 Å². The van der Waals surface area contributed by atoms with Gasteiger partial charge in [0.25, 0.3) is 0 Å². The van der Waals surface area contributed by atoms with Crippen LogP contribution in [-0.4, -0.2) is 10.8 Å². The minimum absolute atomic E-state index is 0.246. The molecule has 0 saturated heterocycles. The standard InChI is InChI=1S/C20H19N3O3/c1-15-5-4-7-17(13-15)23-10-9-19(21-23)26-14-16-6-2-3-8-18(16)22-11-12-25-20(22)24/h2-13,19,21H,14H2,1H3. The average Bonchev–Trinajstić information content (AvgIpc) is 3.29. The van der Waals surface area contributed by atoms with Gasteiger partial charge < -0.3 is 9.15 Å². The van der Waals surface area contributed by atoms with E-state index in [1.165, 1.54) is 16.4 Å². The van der Waals surface area contributed by atoms with E-state index in [0.29, 0.717) is 6.61 Å². The number of oxazole rings is 1. The summed E-state index contributed by atoms with van der Waals surface area (Å²) in [5.41, 5.74) is 7.19. The Balaban J connectivity index is 1.44. The van der Waals surface area contributed by atoms with Crippen molar-refractivity contribution in [2.75, 3.05) is 5.01 Å². The Bertz CT molecular complexity index is 989. The fraction of sp³-hybridized carbons (Fsp3) is 0.150. The molecule has 1 aliphatic rings. The van der Waals surface area contributed by atoms with Crippen molar-refractivity contribution in [3.8, 4) is 5.69 Å². The molecule has 26 heavy (non-hydrogen) atoms. The second-order valence-electron chi connectivity index (χ2n) is 6.08. The lowest BCUT2D eigenvalue weighted by Crippen LogP contribution is -2.36. The summed E-state index contributed by atoms with van der Waals surface area (Å²) >= 11 is 0. The van der Waals surface area contributed by atoms with Gasteiger partial charge in [-0.2, -0.15) is 5.43 Å². The van der Waals surface area contributed by atoms with Gasteiger partial charge in [-0.15, -0.1) is 0 Å². The molecule has 2 aromatic carbocycles. The smallest absolute Gasteiger partial charge is 0.416 e. The summed E-state index contributed by atoms with van der Waals surface area (Å²) in [4.78, 5) is 11.8. The van der Waals surface area contributed by atoms with Gasteiger partial charge in [-0.25, -0.2) is 9.36 Å². The maximum absolute atomic E-state index is 11.8. The topological polar surface area (TPSA) is 59.6 Å². The van der Waals surface area contributed by atoms with Crippen LogP contribution in [0.15, 0.2) is 82.5 Å². The lowest BCUT2D eigenvalue weighted by atomic mass is 10.2. The van der Waals surface area contributed by atoms with E-state index >= 15 is 0 Å². The third kappa shape index (κ3) is 3.33. The highest BCUT2D eigenvalue weighted by Gasteiger charge is 2.17. The van der Waals surface area contributed by atoms with Crippen molar-refractivity contribution >= 4 is 5.69 Å². The van der Waals surface area contributed by atoms with E-state index in [0.717, 1.165) is 16.9 Å². The van der Waals surface area contributed by atoms with Gasteiger partial charge in [-0.1, -0.05) is 30.3 Å². The Morgan fingerprint density at radius 2 is 2.08 bits per heavy atom. The third-order valence-electron chi connectivity index (χ3n) is 4.20. The summed E-state index contributed by atoms with van der Waals surface area (Å²) in [5, 5.41) is 1.93. The second-order valence-corrected chi connectivity index (χ2v) is 6.08. The number of aromatic nitrogens is 1. The lowest BCUT2D eigenvalue weighted by molar-refractivity contribution is 0.0556. The first-order valence-electron chi connectivity index (χ1n) is 8.37. The van der Waals surface area contributed by atoms with Crippen LogP contribution in [0.3, 0.4) is 0 Å². The molecule has 0 radical (unpaired) electrons. The predicted molar refractivity (Wildman–Crippen MR) is 98.8 cm³/mol. The molecule has 2 heterocycles. The van der Waals surface area contributed by atoms with Crippen LogP contribution in [0.25, 0.3) is 5.69 Å². The summed E-state index contributed by atoms with van der Waals surface area (Å²) in [6.45, 7) is 2.42. The highest BCUT2D eigenvalue weighted by atomic mass is 16.5. The average molecular weight is 349 g/mol. The van der Waals surface area contributed by atoms with Gasteiger partial charge in [0.15, 0.2) is 0 Å². The molecule has 3 aromatic rings.